The lowest BCUT2D eigenvalue weighted by Crippen LogP contribution is -2.37. The zero-order valence-corrected chi connectivity index (χ0v) is 8.19. The van der Waals surface area contributed by atoms with E-state index in [1.807, 2.05) is 0 Å². The Bertz CT molecular complexity index is 361. The molecule has 1 atom stereocenters. The summed E-state index contributed by atoms with van der Waals surface area (Å²) >= 11 is 0. The van der Waals surface area contributed by atoms with Gasteiger partial charge in [0.05, 0.1) is 0 Å². The lowest BCUT2D eigenvalue weighted by molar-refractivity contribution is -0.148. The van der Waals surface area contributed by atoms with Crippen molar-refractivity contribution in [3.05, 3.63) is 35.4 Å². The van der Waals surface area contributed by atoms with Crippen LogP contribution in [-0.4, -0.2) is 12.2 Å². The Kier molecular flexibility index (Phi) is 3.85. The molecule has 0 aliphatic rings. The molecule has 1 nitrogen and oxygen atoms in total. The summed E-state index contributed by atoms with van der Waals surface area (Å²) in [7, 11) is 0. The van der Waals surface area contributed by atoms with Gasteiger partial charge in [0, 0.05) is 0 Å². The van der Waals surface area contributed by atoms with Crippen molar-refractivity contribution in [2.24, 2.45) is 5.73 Å². The maximum absolute atomic E-state index is 12.7. The van der Waals surface area contributed by atoms with E-state index >= 15 is 0 Å². The Hall–Kier alpha value is -1.17. The Morgan fingerprint density at radius 2 is 1.75 bits per heavy atom. The van der Waals surface area contributed by atoms with Gasteiger partial charge in [-0.25, -0.2) is 8.78 Å². The molecule has 1 aromatic carbocycles. The minimum absolute atomic E-state index is 0.0438. The van der Waals surface area contributed by atoms with E-state index in [0.29, 0.717) is 5.56 Å². The first-order chi connectivity index (χ1) is 7.30. The molecule has 90 valence electrons. The summed E-state index contributed by atoms with van der Waals surface area (Å²) in [6, 6.07) is 1.05. The second kappa shape index (κ2) is 4.78. The van der Waals surface area contributed by atoms with Crippen LogP contribution in [0.5, 0.6) is 0 Å². The molecule has 0 amide bonds. The van der Waals surface area contributed by atoms with E-state index in [1.54, 1.807) is 0 Å². The Labute approximate surface area is 89.1 Å². The highest BCUT2D eigenvalue weighted by atomic mass is 19.4. The van der Waals surface area contributed by atoms with E-state index in [0.717, 1.165) is 12.1 Å². The molecule has 0 bridgehead atoms. The maximum Gasteiger partial charge on any atom is 0.403 e. The van der Waals surface area contributed by atoms with Crippen molar-refractivity contribution in [1.82, 2.24) is 0 Å². The third-order valence-electron chi connectivity index (χ3n) is 2.15. The van der Waals surface area contributed by atoms with Gasteiger partial charge in [0.1, 0.15) is 6.04 Å². The number of benzene rings is 1. The van der Waals surface area contributed by atoms with E-state index in [9.17, 15) is 22.0 Å². The van der Waals surface area contributed by atoms with Gasteiger partial charge in [-0.1, -0.05) is 6.07 Å². The van der Waals surface area contributed by atoms with Crippen molar-refractivity contribution in [3.63, 3.8) is 0 Å². The van der Waals surface area contributed by atoms with Crippen molar-refractivity contribution < 1.29 is 22.0 Å². The molecule has 0 fully saturated rings. The quantitative estimate of drug-likeness (QED) is 0.806. The summed E-state index contributed by atoms with van der Waals surface area (Å²) in [5.74, 6) is -2.10. The topological polar surface area (TPSA) is 26.0 Å². The molecule has 0 aromatic heterocycles. The summed E-state index contributed by atoms with van der Waals surface area (Å²) in [5.41, 5.74) is 5.16. The predicted octanol–water partition coefficient (Wildman–Crippen LogP) is 2.79. The highest BCUT2D eigenvalue weighted by Gasteiger charge is 2.35. The highest BCUT2D eigenvalue weighted by Crippen LogP contribution is 2.22. The second-order valence-electron chi connectivity index (χ2n) is 3.44. The van der Waals surface area contributed by atoms with Crippen LogP contribution in [0.1, 0.15) is 12.0 Å². The van der Waals surface area contributed by atoms with Gasteiger partial charge in [0.2, 0.25) is 0 Å². The molecule has 0 saturated carbocycles. The largest absolute Gasteiger partial charge is 0.403 e. The number of hydrogen-bond donors (Lipinski definition) is 1. The number of halogens is 5. The molecule has 1 aromatic rings. The van der Waals surface area contributed by atoms with E-state index < -0.39 is 23.9 Å². The van der Waals surface area contributed by atoms with Crippen molar-refractivity contribution in [1.29, 1.82) is 0 Å². The van der Waals surface area contributed by atoms with Gasteiger partial charge < -0.3 is 5.73 Å². The lowest BCUT2D eigenvalue weighted by atomic mass is 10.1. The molecule has 1 rings (SSSR count). The Balaban J connectivity index is 2.58. The summed E-state index contributed by atoms with van der Waals surface area (Å²) < 4.78 is 61.3. The van der Waals surface area contributed by atoms with Crippen molar-refractivity contribution in [3.8, 4) is 0 Å². The van der Waals surface area contributed by atoms with Crippen LogP contribution in [0.4, 0.5) is 22.0 Å². The Morgan fingerprint density at radius 3 is 2.25 bits per heavy atom. The third kappa shape index (κ3) is 3.44. The summed E-state index contributed by atoms with van der Waals surface area (Å²) in [6.45, 7) is 0. The van der Waals surface area contributed by atoms with Gasteiger partial charge in [0.15, 0.2) is 11.6 Å². The molecule has 6 heteroatoms. The first-order valence-electron chi connectivity index (χ1n) is 4.57. The number of aryl methyl sites for hydroxylation is 1. The fraction of sp³-hybridized carbons (Fsp3) is 0.400. The standard InChI is InChI=1S/C10H10F5N/c11-7-3-1-6(5-8(7)12)2-4-9(16)10(13,14)15/h1,3,5,9H,2,4,16H2. The molecule has 0 spiro atoms. The van der Waals surface area contributed by atoms with E-state index in [2.05, 4.69) is 0 Å². The monoisotopic (exact) mass is 239 g/mol. The first kappa shape index (κ1) is 12.9. The van der Waals surface area contributed by atoms with E-state index in [4.69, 9.17) is 5.73 Å². The normalized spacial score (nSPS) is 13.9. The molecule has 0 aliphatic carbocycles. The van der Waals surface area contributed by atoms with Crippen LogP contribution in [0.25, 0.3) is 0 Å². The smallest absolute Gasteiger partial charge is 0.320 e. The Morgan fingerprint density at radius 1 is 1.12 bits per heavy atom. The van der Waals surface area contributed by atoms with Crippen LogP contribution in [0, 0.1) is 11.6 Å². The molecule has 0 aliphatic heterocycles. The van der Waals surface area contributed by atoms with Crippen LogP contribution in [-0.2, 0) is 6.42 Å². The summed E-state index contributed by atoms with van der Waals surface area (Å²) in [5, 5.41) is 0. The van der Waals surface area contributed by atoms with E-state index in [1.165, 1.54) is 6.07 Å². The van der Waals surface area contributed by atoms with Crippen LogP contribution in [0.2, 0.25) is 0 Å². The van der Waals surface area contributed by atoms with Gasteiger partial charge in [-0.3, -0.25) is 0 Å². The van der Waals surface area contributed by atoms with E-state index in [-0.39, 0.29) is 12.8 Å². The maximum atomic E-state index is 12.7. The summed E-state index contributed by atoms with van der Waals surface area (Å²) in [4.78, 5) is 0. The minimum Gasteiger partial charge on any atom is -0.320 e. The summed E-state index contributed by atoms with van der Waals surface area (Å²) in [6.07, 6.45) is -4.86. The van der Waals surface area contributed by atoms with Gasteiger partial charge in [-0.15, -0.1) is 0 Å². The number of rotatable bonds is 3. The van der Waals surface area contributed by atoms with Gasteiger partial charge >= 0.3 is 6.18 Å². The SMILES string of the molecule is NC(CCc1ccc(F)c(F)c1)C(F)(F)F. The number of hydrogen-bond acceptors (Lipinski definition) is 1. The zero-order chi connectivity index (χ0) is 12.3. The highest BCUT2D eigenvalue weighted by molar-refractivity contribution is 5.18. The molecule has 0 radical (unpaired) electrons. The fourth-order valence-electron chi connectivity index (χ4n) is 1.18. The molecule has 2 N–H and O–H groups in total. The first-order valence-corrected chi connectivity index (χ1v) is 4.57. The molecule has 16 heavy (non-hydrogen) atoms. The van der Waals surface area contributed by atoms with Crippen molar-refractivity contribution in [2.75, 3.05) is 0 Å². The average molecular weight is 239 g/mol. The van der Waals surface area contributed by atoms with Crippen LogP contribution < -0.4 is 5.73 Å². The van der Waals surface area contributed by atoms with Crippen molar-refractivity contribution >= 4 is 0 Å². The molecule has 1 unspecified atom stereocenters. The third-order valence-corrected chi connectivity index (χ3v) is 2.15. The second-order valence-corrected chi connectivity index (χ2v) is 3.44. The van der Waals surface area contributed by atoms with Crippen LogP contribution >= 0.6 is 0 Å². The number of nitrogens with two attached hydrogens (primary N) is 1. The average Bonchev–Trinajstić information content (AvgIpc) is 2.18. The van der Waals surface area contributed by atoms with Gasteiger partial charge in [-0.05, 0) is 30.5 Å². The van der Waals surface area contributed by atoms with Crippen LogP contribution in [0.3, 0.4) is 0 Å². The zero-order valence-electron chi connectivity index (χ0n) is 8.19. The van der Waals surface area contributed by atoms with Gasteiger partial charge in [0.25, 0.3) is 0 Å². The van der Waals surface area contributed by atoms with Gasteiger partial charge in [-0.2, -0.15) is 13.2 Å². The molecule has 0 saturated heterocycles. The van der Waals surface area contributed by atoms with Crippen LogP contribution in [0.15, 0.2) is 18.2 Å². The van der Waals surface area contributed by atoms with Crippen molar-refractivity contribution in [2.45, 2.75) is 25.1 Å². The number of alkyl halides is 3. The molecular weight excluding hydrogens is 229 g/mol. The molecule has 0 heterocycles. The predicted molar refractivity (Wildman–Crippen MR) is 48.7 cm³/mol. The lowest BCUT2D eigenvalue weighted by Gasteiger charge is -2.15. The minimum atomic E-state index is -4.46. The fourth-order valence-corrected chi connectivity index (χ4v) is 1.18. The molecular formula is C10H10F5N.